The molecule has 1 heterocycles. The van der Waals surface area contributed by atoms with E-state index in [1.165, 1.54) is 24.3 Å². The summed E-state index contributed by atoms with van der Waals surface area (Å²) in [7, 11) is 0. The second-order valence-corrected chi connectivity index (χ2v) is 9.14. The molecule has 0 amide bonds. The number of piperidine rings is 1. The van der Waals surface area contributed by atoms with Crippen LogP contribution in [-0.2, 0) is 4.79 Å². The van der Waals surface area contributed by atoms with Gasteiger partial charge in [-0.05, 0) is 68.2 Å². The number of carboxylic acids is 1. The smallest absolute Gasteiger partial charge is 0.481 e. The summed E-state index contributed by atoms with van der Waals surface area (Å²) in [6.07, 6.45) is -7.92. The summed E-state index contributed by atoms with van der Waals surface area (Å²) in [6, 6.07) is 4.57. The van der Waals surface area contributed by atoms with Crippen molar-refractivity contribution in [2.75, 3.05) is 6.54 Å². The molecule has 0 aliphatic carbocycles. The van der Waals surface area contributed by atoms with Crippen LogP contribution in [0.25, 0.3) is 0 Å². The number of ether oxygens (including phenoxy) is 1. The highest BCUT2D eigenvalue weighted by Crippen LogP contribution is 2.40. The number of alkyl halides is 6. The lowest BCUT2D eigenvalue weighted by Crippen LogP contribution is -2.44. The summed E-state index contributed by atoms with van der Waals surface area (Å²) >= 11 is 0. The fraction of sp³-hybridized carbons (Fsp3) is 0.696. The molecule has 33 heavy (non-hydrogen) atoms. The number of nitrogens with zero attached hydrogens (tertiary/aromatic N) is 1. The highest BCUT2D eigenvalue weighted by atomic mass is 19.4. The zero-order valence-electron chi connectivity index (χ0n) is 18.8. The molecule has 0 radical (unpaired) electrons. The number of likely N-dealkylation sites (tertiary alicyclic amines) is 1. The molecule has 10 heteroatoms. The molecule has 1 fully saturated rings. The van der Waals surface area contributed by atoms with Crippen molar-refractivity contribution in [1.82, 2.24) is 4.90 Å². The van der Waals surface area contributed by atoms with Crippen LogP contribution in [0.1, 0.15) is 70.4 Å². The van der Waals surface area contributed by atoms with E-state index in [4.69, 9.17) is 0 Å². The number of hydrogen-bond donors (Lipinski definition) is 1. The van der Waals surface area contributed by atoms with Crippen molar-refractivity contribution in [3.8, 4) is 5.75 Å². The first kappa shape index (κ1) is 27.3. The molecule has 0 saturated carbocycles. The molecule has 1 aliphatic heterocycles. The second kappa shape index (κ2) is 11.4. The van der Waals surface area contributed by atoms with E-state index in [0.717, 1.165) is 6.42 Å². The Kier molecular flexibility index (Phi) is 9.46. The molecule has 188 valence electrons. The highest BCUT2D eigenvalue weighted by molar-refractivity contribution is 5.67. The van der Waals surface area contributed by atoms with Crippen LogP contribution in [-0.4, -0.2) is 41.1 Å². The lowest BCUT2D eigenvalue weighted by Gasteiger charge is -2.44. The fourth-order valence-corrected chi connectivity index (χ4v) is 4.48. The Hall–Kier alpha value is -1.97. The van der Waals surface area contributed by atoms with Gasteiger partial charge in [0.25, 0.3) is 0 Å². The van der Waals surface area contributed by atoms with E-state index in [9.17, 15) is 36.2 Å². The summed E-state index contributed by atoms with van der Waals surface area (Å²) in [5.41, 5.74) is 0.640. The Morgan fingerprint density at radius 1 is 1.09 bits per heavy atom. The summed E-state index contributed by atoms with van der Waals surface area (Å²) < 4.78 is 80.4. The van der Waals surface area contributed by atoms with Crippen molar-refractivity contribution >= 4 is 5.97 Å². The third-order valence-electron chi connectivity index (χ3n) is 6.02. The first-order chi connectivity index (χ1) is 15.2. The van der Waals surface area contributed by atoms with E-state index in [1.54, 1.807) is 0 Å². The predicted octanol–water partition coefficient (Wildman–Crippen LogP) is 6.96. The van der Waals surface area contributed by atoms with Gasteiger partial charge in [0.05, 0.1) is 0 Å². The SMILES string of the molecule is CC(C)CCC(CCC(F)(F)F)N1CCC(CC(=O)O)CC1c1ccc(OC(F)(F)F)cc1. The zero-order chi connectivity index (χ0) is 24.8. The van der Waals surface area contributed by atoms with Gasteiger partial charge in [0, 0.05) is 24.9 Å². The van der Waals surface area contributed by atoms with Gasteiger partial charge in [0.2, 0.25) is 0 Å². The molecule has 3 atom stereocenters. The number of benzene rings is 1. The van der Waals surface area contributed by atoms with Crippen LogP contribution >= 0.6 is 0 Å². The van der Waals surface area contributed by atoms with Crippen molar-refractivity contribution in [2.24, 2.45) is 11.8 Å². The Morgan fingerprint density at radius 3 is 2.24 bits per heavy atom. The van der Waals surface area contributed by atoms with Crippen molar-refractivity contribution < 1.29 is 41.0 Å². The monoisotopic (exact) mass is 483 g/mol. The third kappa shape index (κ3) is 9.81. The van der Waals surface area contributed by atoms with Crippen LogP contribution < -0.4 is 4.74 Å². The minimum absolute atomic E-state index is 0.0567. The quantitative estimate of drug-likeness (QED) is 0.366. The second-order valence-electron chi connectivity index (χ2n) is 9.14. The van der Waals surface area contributed by atoms with Gasteiger partial charge in [-0.25, -0.2) is 0 Å². The Morgan fingerprint density at radius 2 is 1.73 bits per heavy atom. The van der Waals surface area contributed by atoms with Gasteiger partial charge in [-0.1, -0.05) is 26.0 Å². The average Bonchev–Trinajstić information content (AvgIpc) is 2.66. The zero-order valence-corrected chi connectivity index (χ0v) is 18.8. The third-order valence-corrected chi connectivity index (χ3v) is 6.02. The normalized spacial score (nSPS) is 21.2. The van der Waals surface area contributed by atoms with Gasteiger partial charge < -0.3 is 9.84 Å². The molecular formula is C23H31F6NO3. The van der Waals surface area contributed by atoms with E-state index in [1.807, 2.05) is 18.7 Å². The van der Waals surface area contributed by atoms with Crippen LogP contribution in [0.4, 0.5) is 26.3 Å². The maximum Gasteiger partial charge on any atom is 0.573 e. The van der Waals surface area contributed by atoms with Gasteiger partial charge in [0.1, 0.15) is 5.75 Å². The van der Waals surface area contributed by atoms with Crippen LogP contribution in [0.3, 0.4) is 0 Å². The number of carbonyl (C=O) groups is 1. The molecule has 1 N–H and O–H groups in total. The molecule has 1 saturated heterocycles. The number of rotatable bonds is 10. The maximum atomic E-state index is 13.0. The molecule has 1 aromatic carbocycles. The summed E-state index contributed by atoms with van der Waals surface area (Å²) in [4.78, 5) is 13.2. The molecule has 0 aromatic heterocycles. The Labute approximate surface area is 189 Å². The molecule has 2 rings (SSSR count). The minimum atomic E-state index is -4.83. The van der Waals surface area contributed by atoms with Gasteiger partial charge >= 0.3 is 18.5 Å². The van der Waals surface area contributed by atoms with E-state index in [-0.39, 0.29) is 36.6 Å². The standard InChI is InChI=1S/C23H31F6NO3/c1-15(2)3-6-18(9-11-22(24,25)26)30-12-10-16(14-21(31)32)13-20(30)17-4-7-19(8-5-17)33-23(27,28)29/h4-5,7-8,15-16,18,20H,3,6,9-14H2,1-2H3,(H,31,32). The van der Waals surface area contributed by atoms with Crippen molar-refractivity contribution in [1.29, 1.82) is 0 Å². The summed E-state index contributed by atoms with van der Waals surface area (Å²) in [5, 5.41) is 9.20. The number of carboxylic acid groups (broad SMARTS) is 1. The lowest BCUT2D eigenvalue weighted by molar-refractivity contribution is -0.274. The summed E-state index contributed by atoms with van der Waals surface area (Å²) in [6.45, 7) is 4.43. The minimum Gasteiger partial charge on any atom is -0.481 e. The van der Waals surface area contributed by atoms with Crippen molar-refractivity contribution in [3.63, 3.8) is 0 Å². The number of halogens is 6. The number of aliphatic carboxylic acids is 1. The topological polar surface area (TPSA) is 49.8 Å². The van der Waals surface area contributed by atoms with Gasteiger partial charge in [-0.15, -0.1) is 13.2 Å². The van der Waals surface area contributed by atoms with Crippen LogP contribution in [0.2, 0.25) is 0 Å². The highest BCUT2D eigenvalue weighted by Gasteiger charge is 2.37. The number of hydrogen-bond acceptors (Lipinski definition) is 3. The molecule has 3 unspecified atom stereocenters. The first-order valence-corrected chi connectivity index (χ1v) is 11.1. The predicted molar refractivity (Wildman–Crippen MR) is 111 cm³/mol. The largest absolute Gasteiger partial charge is 0.573 e. The molecule has 4 nitrogen and oxygen atoms in total. The molecule has 1 aliphatic rings. The first-order valence-electron chi connectivity index (χ1n) is 11.1. The lowest BCUT2D eigenvalue weighted by atomic mass is 9.83. The van der Waals surface area contributed by atoms with E-state index in [0.29, 0.717) is 37.3 Å². The Balaban J connectivity index is 2.29. The van der Waals surface area contributed by atoms with Gasteiger partial charge in [-0.3, -0.25) is 9.69 Å². The van der Waals surface area contributed by atoms with Crippen molar-refractivity contribution in [2.45, 2.75) is 83.4 Å². The maximum absolute atomic E-state index is 13.0. The van der Waals surface area contributed by atoms with Gasteiger partial charge in [0.15, 0.2) is 0 Å². The average molecular weight is 483 g/mol. The summed E-state index contributed by atoms with van der Waals surface area (Å²) in [5.74, 6) is -1.19. The van der Waals surface area contributed by atoms with E-state index in [2.05, 4.69) is 4.74 Å². The Bertz CT molecular complexity index is 748. The van der Waals surface area contributed by atoms with E-state index >= 15 is 0 Å². The molecule has 0 bridgehead atoms. The van der Waals surface area contributed by atoms with Crippen LogP contribution in [0.5, 0.6) is 5.75 Å². The van der Waals surface area contributed by atoms with Crippen molar-refractivity contribution in [3.05, 3.63) is 29.8 Å². The van der Waals surface area contributed by atoms with Gasteiger partial charge in [-0.2, -0.15) is 13.2 Å². The molecule has 0 spiro atoms. The van der Waals surface area contributed by atoms with E-state index < -0.39 is 24.9 Å². The fourth-order valence-electron chi connectivity index (χ4n) is 4.48. The van der Waals surface area contributed by atoms with Crippen LogP contribution in [0, 0.1) is 11.8 Å². The van der Waals surface area contributed by atoms with Crippen LogP contribution in [0.15, 0.2) is 24.3 Å². The molecule has 1 aromatic rings. The molecular weight excluding hydrogens is 452 g/mol.